The van der Waals surface area contributed by atoms with E-state index in [4.69, 9.17) is 14.9 Å². The van der Waals surface area contributed by atoms with E-state index < -0.39 is 6.10 Å². The van der Waals surface area contributed by atoms with Gasteiger partial charge in [-0.05, 0) is 31.0 Å². The van der Waals surface area contributed by atoms with Crippen LogP contribution in [0.3, 0.4) is 0 Å². The second-order valence-corrected chi connectivity index (χ2v) is 3.28. The lowest BCUT2D eigenvalue weighted by Crippen LogP contribution is -2.12. The van der Waals surface area contributed by atoms with Crippen LogP contribution in [0.2, 0.25) is 0 Å². The number of aliphatic hydroxyl groups is 2. The first-order valence-corrected chi connectivity index (χ1v) is 4.73. The molecule has 0 aliphatic carbocycles. The van der Waals surface area contributed by atoms with Gasteiger partial charge in [0.1, 0.15) is 12.4 Å². The Labute approximate surface area is 84.0 Å². The molecule has 0 unspecified atom stereocenters. The Bertz CT molecular complexity index is 254. The van der Waals surface area contributed by atoms with Gasteiger partial charge in [0.05, 0.1) is 6.10 Å². The molecule has 0 amide bonds. The van der Waals surface area contributed by atoms with Crippen LogP contribution in [0.1, 0.15) is 12.5 Å². The predicted molar refractivity (Wildman–Crippen MR) is 54.4 cm³/mol. The first-order valence-electron chi connectivity index (χ1n) is 4.73. The van der Waals surface area contributed by atoms with Gasteiger partial charge in [-0.15, -0.1) is 0 Å². The zero-order chi connectivity index (χ0) is 10.4. The first-order chi connectivity index (χ1) is 6.72. The molecule has 2 N–H and O–H groups in total. The van der Waals surface area contributed by atoms with Crippen molar-refractivity contribution in [2.24, 2.45) is 0 Å². The lowest BCUT2D eigenvalue weighted by Gasteiger charge is -2.08. The molecule has 0 aliphatic rings. The van der Waals surface area contributed by atoms with Gasteiger partial charge in [0, 0.05) is 6.61 Å². The van der Waals surface area contributed by atoms with Crippen molar-refractivity contribution < 1.29 is 14.9 Å². The standard InChI is InChI=1S/C11H16O3/c1-9(13)8-14-11-4-2-10(3-5-11)6-7-12/h2-5,9,12-13H,6-8H2,1H3/t9-/m1/s1. The van der Waals surface area contributed by atoms with Gasteiger partial charge in [0.25, 0.3) is 0 Å². The molecule has 0 saturated heterocycles. The molecule has 1 aromatic rings. The molecule has 78 valence electrons. The Balaban J connectivity index is 2.46. The smallest absolute Gasteiger partial charge is 0.119 e. The molecule has 0 saturated carbocycles. The number of benzene rings is 1. The summed E-state index contributed by atoms with van der Waals surface area (Å²) in [5.74, 6) is 0.743. The minimum atomic E-state index is -0.452. The Morgan fingerprint density at radius 3 is 2.43 bits per heavy atom. The van der Waals surface area contributed by atoms with E-state index in [-0.39, 0.29) is 6.61 Å². The van der Waals surface area contributed by atoms with Crippen LogP contribution in [0.4, 0.5) is 0 Å². The molecule has 0 spiro atoms. The van der Waals surface area contributed by atoms with Crippen LogP contribution in [0, 0.1) is 0 Å². The van der Waals surface area contributed by atoms with Gasteiger partial charge in [0.2, 0.25) is 0 Å². The second kappa shape index (κ2) is 5.62. The maximum absolute atomic E-state index is 8.99. The van der Waals surface area contributed by atoms with Crippen LogP contribution >= 0.6 is 0 Å². The fourth-order valence-corrected chi connectivity index (χ4v) is 1.10. The summed E-state index contributed by atoms with van der Waals surface area (Å²) < 4.78 is 5.29. The van der Waals surface area contributed by atoms with Crippen LogP contribution in [-0.4, -0.2) is 29.5 Å². The van der Waals surface area contributed by atoms with Crippen molar-refractivity contribution in [1.29, 1.82) is 0 Å². The highest BCUT2D eigenvalue weighted by molar-refractivity contribution is 5.27. The van der Waals surface area contributed by atoms with E-state index >= 15 is 0 Å². The maximum atomic E-state index is 8.99. The van der Waals surface area contributed by atoms with Gasteiger partial charge in [-0.3, -0.25) is 0 Å². The lowest BCUT2D eigenvalue weighted by molar-refractivity contribution is 0.122. The summed E-state index contributed by atoms with van der Waals surface area (Å²) in [4.78, 5) is 0. The molecule has 0 heterocycles. The van der Waals surface area contributed by atoms with E-state index in [0.29, 0.717) is 13.0 Å². The molecule has 1 rings (SSSR count). The SMILES string of the molecule is C[C@@H](O)COc1ccc(CCO)cc1. The van der Waals surface area contributed by atoms with Crippen LogP contribution < -0.4 is 4.74 Å². The summed E-state index contributed by atoms with van der Waals surface area (Å²) in [6.07, 6.45) is 0.212. The zero-order valence-corrected chi connectivity index (χ0v) is 8.31. The van der Waals surface area contributed by atoms with Crippen molar-refractivity contribution in [3.63, 3.8) is 0 Å². The molecule has 1 atom stereocenters. The minimum absolute atomic E-state index is 0.161. The average Bonchev–Trinajstić information content (AvgIpc) is 2.17. The van der Waals surface area contributed by atoms with Gasteiger partial charge < -0.3 is 14.9 Å². The van der Waals surface area contributed by atoms with E-state index in [1.807, 2.05) is 24.3 Å². The van der Waals surface area contributed by atoms with Crippen molar-refractivity contribution in [2.45, 2.75) is 19.4 Å². The number of ether oxygens (including phenoxy) is 1. The fraction of sp³-hybridized carbons (Fsp3) is 0.455. The molecule has 0 bridgehead atoms. The summed E-state index contributed by atoms with van der Waals surface area (Å²) in [7, 11) is 0. The lowest BCUT2D eigenvalue weighted by atomic mass is 10.1. The molecule has 1 aromatic carbocycles. The Kier molecular flexibility index (Phi) is 4.43. The molecule has 3 nitrogen and oxygen atoms in total. The van der Waals surface area contributed by atoms with E-state index in [9.17, 15) is 0 Å². The van der Waals surface area contributed by atoms with Gasteiger partial charge in [0.15, 0.2) is 0 Å². The molecule has 0 fully saturated rings. The topological polar surface area (TPSA) is 49.7 Å². The third kappa shape index (κ3) is 3.77. The van der Waals surface area contributed by atoms with Gasteiger partial charge in [-0.25, -0.2) is 0 Å². The van der Waals surface area contributed by atoms with Crippen LogP contribution in [0.5, 0.6) is 5.75 Å². The van der Waals surface area contributed by atoms with Crippen LogP contribution in [0.25, 0.3) is 0 Å². The van der Waals surface area contributed by atoms with Crippen molar-refractivity contribution in [1.82, 2.24) is 0 Å². The van der Waals surface area contributed by atoms with Crippen LogP contribution in [0.15, 0.2) is 24.3 Å². The van der Waals surface area contributed by atoms with Crippen molar-refractivity contribution in [3.8, 4) is 5.75 Å². The normalized spacial score (nSPS) is 12.5. The summed E-state index contributed by atoms with van der Waals surface area (Å²) >= 11 is 0. The molecular weight excluding hydrogens is 180 g/mol. The average molecular weight is 196 g/mol. The number of hydrogen-bond acceptors (Lipinski definition) is 3. The summed E-state index contributed by atoms with van der Waals surface area (Å²) in [5, 5.41) is 17.7. The number of rotatable bonds is 5. The van der Waals surface area contributed by atoms with Crippen molar-refractivity contribution >= 4 is 0 Å². The minimum Gasteiger partial charge on any atom is -0.491 e. The molecular formula is C11H16O3. The highest BCUT2D eigenvalue weighted by atomic mass is 16.5. The summed E-state index contributed by atoms with van der Waals surface area (Å²) in [6.45, 7) is 2.15. The Morgan fingerprint density at radius 2 is 1.93 bits per heavy atom. The Morgan fingerprint density at radius 1 is 1.29 bits per heavy atom. The second-order valence-electron chi connectivity index (χ2n) is 3.28. The van der Waals surface area contributed by atoms with E-state index in [0.717, 1.165) is 11.3 Å². The van der Waals surface area contributed by atoms with E-state index in [2.05, 4.69) is 0 Å². The first kappa shape index (κ1) is 11.0. The quantitative estimate of drug-likeness (QED) is 0.738. The Hall–Kier alpha value is -1.06. The van der Waals surface area contributed by atoms with Crippen LogP contribution in [-0.2, 0) is 6.42 Å². The third-order valence-electron chi connectivity index (χ3n) is 1.82. The van der Waals surface area contributed by atoms with Gasteiger partial charge in [-0.2, -0.15) is 0 Å². The maximum Gasteiger partial charge on any atom is 0.119 e. The van der Waals surface area contributed by atoms with E-state index in [1.165, 1.54) is 0 Å². The van der Waals surface area contributed by atoms with E-state index in [1.54, 1.807) is 6.92 Å². The zero-order valence-electron chi connectivity index (χ0n) is 8.31. The molecule has 0 radical (unpaired) electrons. The largest absolute Gasteiger partial charge is 0.491 e. The van der Waals surface area contributed by atoms with Crippen molar-refractivity contribution in [2.75, 3.05) is 13.2 Å². The summed E-state index contributed by atoms with van der Waals surface area (Å²) in [5.41, 5.74) is 1.08. The van der Waals surface area contributed by atoms with Gasteiger partial charge in [-0.1, -0.05) is 12.1 Å². The molecule has 0 aromatic heterocycles. The highest BCUT2D eigenvalue weighted by Gasteiger charge is 1.98. The summed E-state index contributed by atoms with van der Waals surface area (Å²) in [6, 6.07) is 7.50. The fourth-order valence-electron chi connectivity index (χ4n) is 1.10. The third-order valence-corrected chi connectivity index (χ3v) is 1.82. The molecule has 14 heavy (non-hydrogen) atoms. The predicted octanol–water partition coefficient (Wildman–Crippen LogP) is 0.981. The van der Waals surface area contributed by atoms with Crippen molar-refractivity contribution in [3.05, 3.63) is 29.8 Å². The number of aliphatic hydroxyl groups excluding tert-OH is 2. The molecule has 0 aliphatic heterocycles. The van der Waals surface area contributed by atoms with Gasteiger partial charge >= 0.3 is 0 Å². The number of hydrogen-bond donors (Lipinski definition) is 2. The highest BCUT2D eigenvalue weighted by Crippen LogP contribution is 2.12. The molecule has 3 heteroatoms. The monoisotopic (exact) mass is 196 g/mol.